The number of hydrogen-bond donors (Lipinski definition) is 2. The summed E-state index contributed by atoms with van der Waals surface area (Å²) in [7, 11) is -3.29. The summed E-state index contributed by atoms with van der Waals surface area (Å²) in [6.07, 6.45) is 2.54. The minimum Gasteiger partial charge on any atom is -0.316 e. The summed E-state index contributed by atoms with van der Waals surface area (Å²) < 4.78 is 25.6. The van der Waals surface area contributed by atoms with E-state index in [1.54, 1.807) is 24.4 Å². The van der Waals surface area contributed by atoms with Gasteiger partial charge in [0, 0.05) is 12.7 Å². The van der Waals surface area contributed by atoms with Crippen molar-refractivity contribution in [1.82, 2.24) is 10.3 Å². The Labute approximate surface area is 96.3 Å². The number of sulfonamides is 1. The fourth-order valence-corrected chi connectivity index (χ4v) is 2.10. The van der Waals surface area contributed by atoms with Crippen LogP contribution in [0.1, 0.15) is 13.3 Å². The topological polar surface area (TPSA) is 71.1 Å². The highest BCUT2D eigenvalue weighted by molar-refractivity contribution is 7.92. The first-order chi connectivity index (χ1) is 7.64. The molecule has 0 aromatic carbocycles. The van der Waals surface area contributed by atoms with Gasteiger partial charge in [0.15, 0.2) is 0 Å². The van der Waals surface area contributed by atoms with Crippen LogP contribution >= 0.6 is 0 Å². The Balaban J connectivity index is 2.40. The molecule has 0 saturated heterocycles. The predicted molar refractivity (Wildman–Crippen MR) is 64.8 cm³/mol. The third-order valence-electron chi connectivity index (χ3n) is 1.90. The molecule has 0 aliphatic rings. The molecule has 6 heteroatoms. The maximum absolute atomic E-state index is 11.6. The number of hydrogen-bond acceptors (Lipinski definition) is 4. The van der Waals surface area contributed by atoms with Gasteiger partial charge in [-0.3, -0.25) is 4.72 Å². The SMILES string of the molecule is CCCNCCS(=O)(=O)Nc1ccccn1. The fraction of sp³-hybridized carbons (Fsp3) is 0.500. The van der Waals surface area contributed by atoms with Crippen LogP contribution in [-0.4, -0.2) is 32.2 Å². The number of nitrogens with one attached hydrogen (secondary N) is 2. The van der Waals surface area contributed by atoms with E-state index in [-0.39, 0.29) is 5.75 Å². The molecule has 1 heterocycles. The second-order valence-corrected chi connectivity index (χ2v) is 5.23. The minimum atomic E-state index is -3.29. The van der Waals surface area contributed by atoms with Gasteiger partial charge in [0.2, 0.25) is 10.0 Å². The molecule has 0 saturated carbocycles. The maximum atomic E-state index is 11.6. The van der Waals surface area contributed by atoms with Crippen LogP contribution in [0.3, 0.4) is 0 Å². The zero-order valence-electron chi connectivity index (χ0n) is 9.31. The Hall–Kier alpha value is -1.14. The molecule has 1 aromatic rings. The van der Waals surface area contributed by atoms with Crippen LogP contribution in [0, 0.1) is 0 Å². The van der Waals surface area contributed by atoms with E-state index in [1.165, 1.54) is 0 Å². The quantitative estimate of drug-likeness (QED) is 0.696. The van der Waals surface area contributed by atoms with E-state index in [1.807, 2.05) is 6.92 Å². The van der Waals surface area contributed by atoms with Gasteiger partial charge in [-0.05, 0) is 25.1 Å². The van der Waals surface area contributed by atoms with Crippen LogP contribution in [0.15, 0.2) is 24.4 Å². The Bertz CT molecular complexity index is 392. The minimum absolute atomic E-state index is 0.0591. The van der Waals surface area contributed by atoms with E-state index in [0.29, 0.717) is 12.4 Å². The van der Waals surface area contributed by atoms with Crippen molar-refractivity contribution in [3.8, 4) is 0 Å². The lowest BCUT2D eigenvalue weighted by Gasteiger charge is -2.07. The van der Waals surface area contributed by atoms with Crippen LogP contribution in [0.25, 0.3) is 0 Å². The molecule has 90 valence electrons. The molecule has 0 atom stereocenters. The smallest absolute Gasteiger partial charge is 0.235 e. The Morgan fingerprint density at radius 3 is 2.75 bits per heavy atom. The standard InChI is InChI=1S/C10H17N3O2S/c1-2-6-11-8-9-16(14,15)13-10-5-3-4-7-12-10/h3-5,7,11H,2,6,8-9H2,1H3,(H,12,13). The molecule has 0 amide bonds. The van der Waals surface area contributed by atoms with Crippen LogP contribution in [0.5, 0.6) is 0 Å². The third-order valence-corrected chi connectivity index (χ3v) is 3.16. The number of aromatic nitrogens is 1. The number of anilines is 1. The van der Waals surface area contributed by atoms with Crippen molar-refractivity contribution in [1.29, 1.82) is 0 Å². The maximum Gasteiger partial charge on any atom is 0.235 e. The molecule has 0 fully saturated rings. The van der Waals surface area contributed by atoms with Crippen molar-refractivity contribution in [2.45, 2.75) is 13.3 Å². The van der Waals surface area contributed by atoms with Gasteiger partial charge in [0.05, 0.1) is 5.75 Å². The van der Waals surface area contributed by atoms with E-state index in [4.69, 9.17) is 0 Å². The van der Waals surface area contributed by atoms with Crippen molar-refractivity contribution in [2.24, 2.45) is 0 Å². The Morgan fingerprint density at radius 2 is 2.12 bits per heavy atom. The molecule has 16 heavy (non-hydrogen) atoms. The van der Waals surface area contributed by atoms with Gasteiger partial charge in [-0.2, -0.15) is 0 Å². The highest BCUT2D eigenvalue weighted by Gasteiger charge is 2.09. The first-order valence-electron chi connectivity index (χ1n) is 5.26. The van der Waals surface area contributed by atoms with Gasteiger partial charge in [-0.15, -0.1) is 0 Å². The zero-order valence-corrected chi connectivity index (χ0v) is 10.1. The van der Waals surface area contributed by atoms with E-state index in [9.17, 15) is 8.42 Å². The molecule has 0 unspecified atom stereocenters. The molecule has 1 aromatic heterocycles. The Kier molecular flexibility index (Phi) is 5.21. The fourth-order valence-electron chi connectivity index (χ4n) is 1.14. The summed E-state index contributed by atoms with van der Waals surface area (Å²) in [5, 5.41) is 3.04. The van der Waals surface area contributed by atoms with Crippen molar-refractivity contribution < 1.29 is 8.42 Å². The monoisotopic (exact) mass is 243 g/mol. The number of rotatable bonds is 7. The third kappa shape index (κ3) is 5.09. The van der Waals surface area contributed by atoms with Gasteiger partial charge in [-0.25, -0.2) is 13.4 Å². The largest absolute Gasteiger partial charge is 0.316 e. The van der Waals surface area contributed by atoms with Crippen molar-refractivity contribution >= 4 is 15.8 Å². The first-order valence-corrected chi connectivity index (χ1v) is 6.91. The molecule has 0 spiro atoms. The highest BCUT2D eigenvalue weighted by atomic mass is 32.2. The van der Waals surface area contributed by atoms with Gasteiger partial charge < -0.3 is 5.32 Å². The van der Waals surface area contributed by atoms with E-state index in [0.717, 1.165) is 13.0 Å². The lowest BCUT2D eigenvalue weighted by Crippen LogP contribution is -2.27. The predicted octanol–water partition coefficient (Wildman–Crippen LogP) is 0.823. The highest BCUT2D eigenvalue weighted by Crippen LogP contribution is 2.03. The summed E-state index contributed by atoms with van der Waals surface area (Å²) in [6.45, 7) is 3.32. The molecule has 0 radical (unpaired) electrons. The molecule has 0 bridgehead atoms. The molecular weight excluding hydrogens is 226 g/mol. The molecule has 0 aliphatic heterocycles. The van der Waals surface area contributed by atoms with Crippen molar-refractivity contribution in [2.75, 3.05) is 23.6 Å². The first kappa shape index (κ1) is 12.9. The molecule has 2 N–H and O–H groups in total. The zero-order chi connectivity index (χ0) is 11.9. The number of pyridine rings is 1. The second-order valence-electron chi connectivity index (χ2n) is 3.39. The summed E-state index contributed by atoms with van der Waals surface area (Å²) in [6, 6.07) is 5.10. The summed E-state index contributed by atoms with van der Waals surface area (Å²) >= 11 is 0. The number of nitrogens with zero attached hydrogens (tertiary/aromatic N) is 1. The van der Waals surface area contributed by atoms with Crippen molar-refractivity contribution in [3.05, 3.63) is 24.4 Å². The van der Waals surface area contributed by atoms with Gasteiger partial charge in [0.25, 0.3) is 0 Å². The lowest BCUT2D eigenvalue weighted by atomic mass is 10.5. The van der Waals surface area contributed by atoms with Crippen LogP contribution in [-0.2, 0) is 10.0 Å². The Morgan fingerprint density at radius 1 is 1.31 bits per heavy atom. The van der Waals surface area contributed by atoms with Gasteiger partial charge in [0.1, 0.15) is 5.82 Å². The summed E-state index contributed by atoms with van der Waals surface area (Å²) in [5.41, 5.74) is 0. The van der Waals surface area contributed by atoms with Crippen LogP contribution in [0.2, 0.25) is 0 Å². The van der Waals surface area contributed by atoms with Gasteiger partial charge in [-0.1, -0.05) is 13.0 Å². The molecule has 5 nitrogen and oxygen atoms in total. The second kappa shape index (κ2) is 6.44. The van der Waals surface area contributed by atoms with E-state index >= 15 is 0 Å². The summed E-state index contributed by atoms with van der Waals surface area (Å²) in [5.74, 6) is 0.418. The molecular formula is C10H17N3O2S. The average Bonchev–Trinajstić information content (AvgIpc) is 2.25. The van der Waals surface area contributed by atoms with Crippen molar-refractivity contribution in [3.63, 3.8) is 0 Å². The average molecular weight is 243 g/mol. The van der Waals surface area contributed by atoms with E-state index in [2.05, 4.69) is 15.0 Å². The van der Waals surface area contributed by atoms with E-state index < -0.39 is 10.0 Å². The van der Waals surface area contributed by atoms with Crippen LogP contribution < -0.4 is 10.0 Å². The van der Waals surface area contributed by atoms with Crippen LogP contribution in [0.4, 0.5) is 5.82 Å². The molecule has 0 aliphatic carbocycles. The van der Waals surface area contributed by atoms with Gasteiger partial charge >= 0.3 is 0 Å². The molecule has 1 rings (SSSR count). The normalized spacial score (nSPS) is 11.3. The summed E-state index contributed by atoms with van der Waals surface area (Å²) in [4.78, 5) is 3.90. The lowest BCUT2D eigenvalue weighted by molar-refractivity contribution is 0.595.